The van der Waals surface area contributed by atoms with E-state index in [1.165, 1.54) is 5.56 Å². The van der Waals surface area contributed by atoms with Gasteiger partial charge in [-0.3, -0.25) is 4.79 Å². The standard InChI is InChI=1S/C19H22N2O3.ClH/c22-11-12-24-17-8-4-2-6-15(17)13-21-19(23)18-16-7-3-1-5-14(16)9-10-20-18;/h1-8,18,20,22H,9-13H2,(H,21,23);1H. The van der Waals surface area contributed by atoms with Crippen LogP contribution in [0.4, 0.5) is 0 Å². The van der Waals surface area contributed by atoms with Gasteiger partial charge in [-0.25, -0.2) is 0 Å². The van der Waals surface area contributed by atoms with E-state index in [0.717, 1.165) is 24.1 Å². The summed E-state index contributed by atoms with van der Waals surface area (Å²) in [6.45, 7) is 1.39. The predicted molar refractivity (Wildman–Crippen MR) is 99.0 cm³/mol. The number of carbonyl (C=O) groups excluding carboxylic acids is 1. The fourth-order valence-electron chi connectivity index (χ4n) is 2.97. The van der Waals surface area contributed by atoms with Crippen LogP contribution in [-0.2, 0) is 17.8 Å². The third kappa shape index (κ3) is 4.72. The molecule has 5 nitrogen and oxygen atoms in total. The van der Waals surface area contributed by atoms with Crippen LogP contribution in [0.25, 0.3) is 0 Å². The van der Waals surface area contributed by atoms with Gasteiger partial charge in [0.1, 0.15) is 18.4 Å². The van der Waals surface area contributed by atoms with Crippen LogP contribution in [-0.4, -0.2) is 30.8 Å². The third-order valence-electron chi connectivity index (χ3n) is 4.15. The topological polar surface area (TPSA) is 70.6 Å². The molecule has 0 saturated carbocycles. The molecule has 3 rings (SSSR count). The van der Waals surface area contributed by atoms with Crippen molar-refractivity contribution in [3.63, 3.8) is 0 Å². The molecular weight excluding hydrogens is 340 g/mol. The second-order valence-electron chi connectivity index (χ2n) is 5.73. The van der Waals surface area contributed by atoms with E-state index < -0.39 is 0 Å². The molecule has 134 valence electrons. The van der Waals surface area contributed by atoms with E-state index >= 15 is 0 Å². The van der Waals surface area contributed by atoms with Gasteiger partial charge in [0.25, 0.3) is 0 Å². The molecule has 1 amide bonds. The van der Waals surface area contributed by atoms with Gasteiger partial charge in [0.05, 0.1) is 6.61 Å². The van der Waals surface area contributed by atoms with Crippen LogP contribution in [0.1, 0.15) is 22.7 Å². The summed E-state index contributed by atoms with van der Waals surface area (Å²) < 4.78 is 5.50. The first kappa shape index (κ1) is 19.2. The average Bonchev–Trinajstić information content (AvgIpc) is 2.64. The lowest BCUT2D eigenvalue weighted by Gasteiger charge is -2.26. The predicted octanol–water partition coefficient (Wildman–Crippen LogP) is 1.98. The summed E-state index contributed by atoms with van der Waals surface area (Å²) in [5, 5.41) is 15.2. The molecule has 1 heterocycles. The molecule has 3 N–H and O–H groups in total. The van der Waals surface area contributed by atoms with Gasteiger partial charge in [0.2, 0.25) is 5.91 Å². The van der Waals surface area contributed by atoms with Crippen molar-refractivity contribution in [3.05, 3.63) is 65.2 Å². The zero-order valence-electron chi connectivity index (χ0n) is 13.9. The largest absolute Gasteiger partial charge is 0.491 e. The van der Waals surface area contributed by atoms with Crippen molar-refractivity contribution in [2.24, 2.45) is 0 Å². The Morgan fingerprint density at radius 1 is 1.20 bits per heavy atom. The highest BCUT2D eigenvalue weighted by atomic mass is 35.5. The molecule has 0 saturated heterocycles. The number of aliphatic hydroxyl groups excluding tert-OH is 1. The molecule has 25 heavy (non-hydrogen) atoms. The highest BCUT2D eigenvalue weighted by Gasteiger charge is 2.25. The van der Waals surface area contributed by atoms with E-state index in [0.29, 0.717) is 12.3 Å². The van der Waals surface area contributed by atoms with Gasteiger partial charge in [0.15, 0.2) is 0 Å². The Morgan fingerprint density at radius 2 is 1.96 bits per heavy atom. The fourth-order valence-corrected chi connectivity index (χ4v) is 2.97. The number of para-hydroxylation sites is 1. The van der Waals surface area contributed by atoms with Crippen LogP contribution in [0.5, 0.6) is 5.75 Å². The van der Waals surface area contributed by atoms with Gasteiger partial charge >= 0.3 is 0 Å². The van der Waals surface area contributed by atoms with E-state index in [9.17, 15) is 4.79 Å². The number of fused-ring (bicyclic) bond motifs is 1. The molecule has 0 spiro atoms. The normalized spacial score (nSPS) is 15.6. The minimum Gasteiger partial charge on any atom is -0.491 e. The maximum absolute atomic E-state index is 12.6. The summed E-state index contributed by atoms with van der Waals surface area (Å²) in [5.41, 5.74) is 3.16. The molecule has 1 atom stereocenters. The van der Waals surface area contributed by atoms with Crippen molar-refractivity contribution >= 4 is 18.3 Å². The summed E-state index contributed by atoms with van der Waals surface area (Å²) in [7, 11) is 0. The SMILES string of the molecule is Cl.O=C(NCc1ccccc1OCCO)C1NCCc2ccccc21. The summed E-state index contributed by atoms with van der Waals surface area (Å²) in [4.78, 5) is 12.6. The smallest absolute Gasteiger partial charge is 0.242 e. The van der Waals surface area contributed by atoms with E-state index in [1.54, 1.807) is 0 Å². The molecule has 0 radical (unpaired) electrons. The minimum atomic E-state index is -0.319. The van der Waals surface area contributed by atoms with Crippen molar-refractivity contribution in [3.8, 4) is 5.75 Å². The number of benzene rings is 2. The van der Waals surface area contributed by atoms with E-state index in [-0.39, 0.29) is 37.6 Å². The van der Waals surface area contributed by atoms with Gasteiger partial charge in [-0.05, 0) is 23.6 Å². The molecule has 1 aliphatic rings. The van der Waals surface area contributed by atoms with Crippen LogP contribution in [0.3, 0.4) is 0 Å². The van der Waals surface area contributed by atoms with Crippen molar-refractivity contribution in [2.45, 2.75) is 19.0 Å². The Labute approximate surface area is 153 Å². The highest BCUT2D eigenvalue weighted by molar-refractivity contribution is 5.85. The van der Waals surface area contributed by atoms with E-state index in [1.807, 2.05) is 42.5 Å². The second-order valence-corrected chi connectivity index (χ2v) is 5.73. The summed E-state index contributed by atoms with van der Waals surface area (Å²) in [6, 6.07) is 15.3. The number of ether oxygens (including phenoxy) is 1. The van der Waals surface area contributed by atoms with Crippen LogP contribution in [0.15, 0.2) is 48.5 Å². The van der Waals surface area contributed by atoms with E-state index in [2.05, 4.69) is 16.7 Å². The lowest BCUT2D eigenvalue weighted by Crippen LogP contribution is -2.41. The Kier molecular flexibility index (Phi) is 7.25. The molecule has 6 heteroatoms. The number of rotatable bonds is 6. The molecule has 0 bridgehead atoms. The van der Waals surface area contributed by atoms with Gasteiger partial charge in [-0.2, -0.15) is 0 Å². The quantitative estimate of drug-likeness (QED) is 0.735. The van der Waals surface area contributed by atoms with E-state index in [4.69, 9.17) is 9.84 Å². The second kappa shape index (κ2) is 9.42. The Morgan fingerprint density at radius 3 is 2.80 bits per heavy atom. The molecule has 1 aliphatic heterocycles. The average molecular weight is 363 g/mol. The number of nitrogens with one attached hydrogen (secondary N) is 2. The molecular formula is C19H23ClN2O3. The van der Waals surface area contributed by atoms with Gasteiger partial charge < -0.3 is 20.5 Å². The molecule has 0 fully saturated rings. The highest BCUT2D eigenvalue weighted by Crippen LogP contribution is 2.23. The monoisotopic (exact) mass is 362 g/mol. The first-order valence-corrected chi connectivity index (χ1v) is 8.20. The third-order valence-corrected chi connectivity index (χ3v) is 4.15. The first-order valence-electron chi connectivity index (χ1n) is 8.20. The summed E-state index contributed by atoms with van der Waals surface area (Å²) in [6.07, 6.45) is 0.942. The minimum absolute atomic E-state index is 0. The van der Waals surface area contributed by atoms with Crippen LogP contribution in [0, 0.1) is 0 Å². The number of amides is 1. The maximum atomic E-state index is 12.6. The first-order chi connectivity index (χ1) is 11.8. The molecule has 1 unspecified atom stereocenters. The molecule has 0 aromatic heterocycles. The van der Waals surface area contributed by atoms with Gasteiger partial charge in [-0.1, -0.05) is 42.5 Å². The molecule has 2 aromatic rings. The molecule has 0 aliphatic carbocycles. The number of halogens is 1. The van der Waals surface area contributed by atoms with Crippen molar-refractivity contribution in [1.82, 2.24) is 10.6 Å². The van der Waals surface area contributed by atoms with Crippen LogP contribution in [0.2, 0.25) is 0 Å². The zero-order valence-corrected chi connectivity index (χ0v) is 14.7. The number of hydrogen-bond acceptors (Lipinski definition) is 4. The Bertz CT molecular complexity index is 709. The van der Waals surface area contributed by atoms with Gasteiger partial charge in [0, 0.05) is 18.7 Å². The van der Waals surface area contributed by atoms with Crippen LogP contribution < -0.4 is 15.4 Å². The fraction of sp³-hybridized carbons (Fsp3) is 0.316. The Balaban J connectivity index is 0.00000225. The van der Waals surface area contributed by atoms with Crippen molar-refractivity contribution in [1.29, 1.82) is 0 Å². The Hall–Kier alpha value is -2.08. The van der Waals surface area contributed by atoms with Crippen molar-refractivity contribution < 1.29 is 14.6 Å². The van der Waals surface area contributed by atoms with Crippen LogP contribution >= 0.6 is 12.4 Å². The number of hydrogen-bond donors (Lipinski definition) is 3. The molecule has 2 aromatic carbocycles. The zero-order chi connectivity index (χ0) is 16.8. The van der Waals surface area contributed by atoms with Crippen molar-refractivity contribution in [2.75, 3.05) is 19.8 Å². The maximum Gasteiger partial charge on any atom is 0.242 e. The number of carbonyl (C=O) groups is 1. The lowest BCUT2D eigenvalue weighted by atomic mass is 9.94. The lowest BCUT2D eigenvalue weighted by molar-refractivity contribution is -0.123. The summed E-state index contributed by atoms with van der Waals surface area (Å²) >= 11 is 0. The summed E-state index contributed by atoms with van der Waals surface area (Å²) in [5.74, 6) is 0.642. The van der Waals surface area contributed by atoms with Gasteiger partial charge in [-0.15, -0.1) is 12.4 Å². The number of aliphatic hydroxyl groups is 1.